The van der Waals surface area contributed by atoms with Gasteiger partial charge in [-0.05, 0) is 58.8 Å². The number of hydrogen-bond donors (Lipinski definition) is 3. The summed E-state index contributed by atoms with van der Waals surface area (Å²) in [5.41, 5.74) is 6.36. The molecule has 12 rings (SSSR count). The van der Waals surface area contributed by atoms with Gasteiger partial charge in [0.2, 0.25) is 0 Å². The Morgan fingerprint density at radius 1 is 0.486 bits per heavy atom. The Morgan fingerprint density at radius 2 is 0.857 bits per heavy atom. The molecular formula is C50H32N8O10SZn. The summed E-state index contributed by atoms with van der Waals surface area (Å²) >= 11 is 0. The molecule has 9 aromatic rings. The smallest absolute Gasteiger partial charge is 0.478 e. The number of fused-ring (bicyclic) bond motifs is 21. The molecule has 6 aromatic carbocycles. The summed E-state index contributed by atoms with van der Waals surface area (Å²) in [6.07, 6.45) is 0. The fourth-order valence-corrected chi connectivity index (χ4v) is 8.21. The number of carbonyl (C=O) groups excluding carboxylic acids is 2. The van der Waals surface area contributed by atoms with Crippen molar-refractivity contribution in [3.05, 3.63) is 161 Å². The zero-order chi connectivity index (χ0) is 47.4. The van der Waals surface area contributed by atoms with Gasteiger partial charge in [-0.1, -0.05) is 116 Å². The van der Waals surface area contributed by atoms with Crippen molar-refractivity contribution in [1.82, 2.24) is 39.9 Å². The van der Waals surface area contributed by atoms with Crippen LogP contribution in [0.1, 0.15) is 54.4 Å². The van der Waals surface area contributed by atoms with E-state index in [0.29, 0.717) is 63.1 Å². The van der Waals surface area contributed by atoms with Gasteiger partial charge in [-0.25, -0.2) is 29.1 Å². The average molecular weight is 1000 g/mol. The molecule has 0 fully saturated rings. The first kappa shape index (κ1) is 47.8. The van der Waals surface area contributed by atoms with Gasteiger partial charge in [-0.3, -0.25) is 4.55 Å². The summed E-state index contributed by atoms with van der Waals surface area (Å²) in [7, 11) is -4.56. The number of cyclic esters (lactones) is 2. The molecule has 3 aliphatic heterocycles. The monoisotopic (exact) mass is 1000 g/mol. The van der Waals surface area contributed by atoms with Crippen LogP contribution in [-0.4, -0.2) is 77.0 Å². The predicted molar refractivity (Wildman–Crippen MR) is 252 cm³/mol. The van der Waals surface area contributed by atoms with Gasteiger partial charge in [0.25, 0.3) is 10.1 Å². The maximum atomic E-state index is 10.8. The Hall–Kier alpha value is -8.71. The first-order valence-corrected chi connectivity index (χ1v) is 21.7. The Bertz CT molecular complexity index is 3930. The van der Waals surface area contributed by atoms with Crippen LogP contribution in [-0.2, 0) is 34.3 Å². The summed E-state index contributed by atoms with van der Waals surface area (Å²) in [6, 6.07) is 38.8. The predicted octanol–water partition coefficient (Wildman–Crippen LogP) is 8.40. The summed E-state index contributed by atoms with van der Waals surface area (Å²) < 4.78 is 34.4. The number of esters is 2. The van der Waals surface area contributed by atoms with E-state index in [9.17, 15) is 27.6 Å². The van der Waals surface area contributed by atoms with Crippen molar-refractivity contribution < 1.29 is 66.6 Å². The molecule has 0 saturated carbocycles. The maximum Gasteiger partial charge on any atom is 2.00 e. The number of nitrogens with zero attached hydrogens (tertiary/aromatic N) is 8. The summed E-state index contributed by atoms with van der Waals surface area (Å²) in [5, 5.41) is 20.9. The van der Waals surface area contributed by atoms with E-state index in [2.05, 4.69) is 23.8 Å². The molecular weight excluding hydrogens is 970 g/mol. The number of benzene rings is 6. The zero-order valence-electron chi connectivity index (χ0n) is 35.6. The van der Waals surface area contributed by atoms with Gasteiger partial charge in [0.1, 0.15) is 0 Å². The van der Waals surface area contributed by atoms with Crippen LogP contribution in [0.4, 0.5) is 0 Å². The van der Waals surface area contributed by atoms with Crippen LogP contribution in [0.2, 0.25) is 0 Å². The van der Waals surface area contributed by atoms with E-state index >= 15 is 0 Å². The number of ether oxygens (including phenoxy) is 1. The Balaban J connectivity index is 0.000000187. The molecule has 0 unspecified atom stereocenters. The fourth-order valence-electron chi connectivity index (χ4n) is 7.70. The minimum Gasteiger partial charge on any atom is -0.478 e. The third kappa shape index (κ3) is 8.80. The van der Waals surface area contributed by atoms with Crippen molar-refractivity contribution in [2.24, 2.45) is 0 Å². The molecule has 6 heterocycles. The van der Waals surface area contributed by atoms with Crippen LogP contribution in [0, 0.1) is 6.92 Å². The minimum absolute atomic E-state index is 0. The topological polar surface area (TPSA) is 278 Å². The van der Waals surface area contributed by atoms with Gasteiger partial charge < -0.3 is 44.9 Å². The summed E-state index contributed by atoms with van der Waals surface area (Å²) in [6.45, 7) is 2.06. The van der Waals surface area contributed by atoms with Gasteiger partial charge in [-0.2, -0.15) is 8.42 Å². The molecule has 0 radical (unpaired) electrons. The minimum atomic E-state index is -4.56. The zero-order valence-corrected chi connectivity index (χ0v) is 39.4. The van der Waals surface area contributed by atoms with Gasteiger partial charge in [-0.15, -0.1) is 0 Å². The molecule has 18 nitrogen and oxygen atoms in total. The molecule has 3 aliphatic rings. The van der Waals surface area contributed by atoms with Crippen molar-refractivity contribution >= 4 is 78.1 Å². The second-order valence-corrected chi connectivity index (χ2v) is 16.6. The van der Waals surface area contributed by atoms with Crippen LogP contribution in [0.15, 0.2) is 138 Å². The third-order valence-electron chi connectivity index (χ3n) is 10.9. The summed E-state index contributed by atoms with van der Waals surface area (Å²) in [5.74, 6) is -1.98. The Labute approximate surface area is 408 Å². The van der Waals surface area contributed by atoms with E-state index in [4.69, 9.17) is 54.6 Å². The van der Waals surface area contributed by atoms with Gasteiger partial charge in [0.15, 0.2) is 0 Å². The van der Waals surface area contributed by atoms with Crippen molar-refractivity contribution in [3.63, 3.8) is 0 Å². The standard InChI is InChI=1S/C33H18N8.C8H6O7S.C8H4O3.CH4.Zn/c1-17-14-15-24-25(16-17)33-40-31-23-13-7-6-12-22(23)29(38-31)36-27-19-9-3-2-8-18(19)26(34-27)35-28-20-10-4-5-11-21(20)30(37-28)39-32(24)41-33;9-7(10)5-2-1-4(16(13,14)15)3-6(5)8(11)12;9-7-5-3-1-2-4-6(5)8(10)11-7;;/h2-16H,1H3;1-3H,(H,9,10)(H,11,12)(H,13,14,15);1-4H;1H4;/q-2;;;;+2. The Kier molecular flexibility index (Phi) is 12.8. The SMILES string of the molecule is C.Cc1ccc2c3nc4nc(nc5[n-]c(nc6nc(nc([n-]3)c2c1)-c1ccccc1-6)c1ccccc51)-c1ccccc1-4.O=C(O)c1ccc(S(=O)(=O)O)cc1C(=O)O.O=C1OC(=O)c2ccccc21.[Zn+2]. The van der Waals surface area contributed by atoms with E-state index < -0.39 is 50.0 Å². The van der Waals surface area contributed by atoms with Gasteiger partial charge in [0.05, 0.1) is 50.4 Å². The average Bonchev–Trinajstić information content (AvgIpc) is 4.12. The molecule has 0 aliphatic carbocycles. The molecule has 20 heteroatoms. The molecule has 0 atom stereocenters. The quantitative estimate of drug-likeness (QED) is 0.0648. The van der Waals surface area contributed by atoms with Crippen molar-refractivity contribution in [2.75, 3.05) is 0 Å². The van der Waals surface area contributed by atoms with E-state index in [1.165, 1.54) is 0 Å². The molecule has 70 heavy (non-hydrogen) atoms. The third-order valence-corrected chi connectivity index (χ3v) is 11.7. The molecule has 340 valence electrons. The second kappa shape index (κ2) is 18.8. The molecule has 3 N–H and O–H groups in total. The van der Waals surface area contributed by atoms with Crippen LogP contribution in [0.3, 0.4) is 0 Å². The molecule has 3 aromatic heterocycles. The normalized spacial score (nSPS) is 11.9. The van der Waals surface area contributed by atoms with Crippen molar-refractivity contribution in [2.45, 2.75) is 19.2 Å². The van der Waals surface area contributed by atoms with Crippen LogP contribution >= 0.6 is 0 Å². The van der Waals surface area contributed by atoms with Crippen molar-refractivity contribution in [1.29, 1.82) is 0 Å². The van der Waals surface area contributed by atoms with Crippen LogP contribution in [0.25, 0.3) is 89.7 Å². The number of carboxylic acids is 2. The van der Waals surface area contributed by atoms with Crippen LogP contribution in [0.5, 0.6) is 0 Å². The van der Waals surface area contributed by atoms with Crippen LogP contribution < -0.4 is 9.97 Å². The molecule has 0 saturated heterocycles. The first-order valence-electron chi connectivity index (χ1n) is 20.3. The number of aryl methyl sites for hydroxylation is 1. The van der Waals surface area contributed by atoms with E-state index in [-0.39, 0.29) is 26.9 Å². The summed E-state index contributed by atoms with van der Waals surface area (Å²) in [4.78, 5) is 81.7. The van der Waals surface area contributed by atoms with Gasteiger partial charge >= 0.3 is 43.4 Å². The maximum absolute atomic E-state index is 10.8. The number of aromatic nitrogens is 8. The van der Waals surface area contributed by atoms with E-state index in [1.807, 2.05) is 78.9 Å². The molecule has 0 spiro atoms. The first-order chi connectivity index (χ1) is 32.7. The Morgan fingerprint density at radius 3 is 1.26 bits per heavy atom. The number of rotatable bonds is 3. The number of hydrogen-bond acceptors (Lipinski definition) is 13. The van der Waals surface area contributed by atoms with Gasteiger partial charge in [0, 0.05) is 44.8 Å². The molecule has 8 bridgehead atoms. The van der Waals surface area contributed by atoms with E-state index in [1.54, 1.807) is 24.3 Å². The van der Waals surface area contributed by atoms with Crippen molar-refractivity contribution in [3.8, 4) is 45.6 Å². The largest absolute Gasteiger partial charge is 2.00 e. The fraction of sp³-hybridized carbons (Fsp3) is 0.0400. The number of carbonyl (C=O) groups is 4. The molecule has 0 amide bonds. The second-order valence-electron chi connectivity index (χ2n) is 15.2. The van der Waals surface area contributed by atoms with E-state index in [0.717, 1.165) is 61.5 Å². The number of aromatic carboxylic acids is 2. The number of carboxylic acid groups (broad SMARTS) is 2.